The van der Waals surface area contributed by atoms with Crippen LogP contribution >= 0.6 is 23.2 Å². The largest absolute Gasteiger partial charge is 0.324 e. The van der Waals surface area contributed by atoms with Crippen molar-refractivity contribution < 1.29 is 4.39 Å². The lowest BCUT2D eigenvalue weighted by Crippen LogP contribution is -2.13. The van der Waals surface area contributed by atoms with Crippen LogP contribution in [0.3, 0.4) is 0 Å². The van der Waals surface area contributed by atoms with Gasteiger partial charge >= 0.3 is 0 Å². The smallest absolute Gasteiger partial charge is 0.123 e. The number of hydrogen-bond donors (Lipinski definition) is 1. The zero-order valence-electron chi connectivity index (χ0n) is 9.54. The highest BCUT2D eigenvalue weighted by Gasteiger charge is 2.10. The average molecular weight is 284 g/mol. The third-order valence-corrected chi connectivity index (χ3v) is 3.35. The van der Waals surface area contributed by atoms with E-state index in [1.165, 1.54) is 12.1 Å². The molecule has 18 heavy (non-hydrogen) atoms. The minimum atomic E-state index is -0.272. The first-order valence-electron chi connectivity index (χ1n) is 5.51. The SMILES string of the molecule is NC(Cc1cc(Cl)ccc1Cl)c1ccc(F)cc1. The highest BCUT2D eigenvalue weighted by Crippen LogP contribution is 2.25. The van der Waals surface area contributed by atoms with Gasteiger partial charge in [-0.15, -0.1) is 0 Å². The van der Waals surface area contributed by atoms with E-state index in [0.717, 1.165) is 11.1 Å². The van der Waals surface area contributed by atoms with Crippen molar-refractivity contribution >= 4 is 23.2 Å². The van der Waals surface area contributed by atoms with Crippen LogP contribution in [-0.4, -0.2) is 0 Å². The normalized spacial score (nSPS) is 12.4. The minimum absolute atomic E-state index is 0.235. The Hall–Kier alpha value is -1.09. The van der Waals surface area contributed by atoms with Gasteiger partial charge in [0.15, 0.2) is 0 Å². The second kappa shape index (κ2) is 5.70. The van der Waals surface area contributed by atoms with Crippen molar-refractivity contribution in [1.82, 2.24) is 0 Å². The van der Waals surface area contributed by atoms with E-state index in [2.05, 4.69) is 0 Å². The molecule has 2 aromatic rings. The van der Waals surface area contributed by atoms with Gasteiger partial charge in [-0.3, -0.25) is 0 Å². The van der Waals surface area contributed by atoms with Crippen molar-refractivity contribution in [2.24, 2.45) is 5.73 Å². The molecular formula is C14H12Cl2FN. The quantitative estimate of drug-likeness (QED) is 0.889. The number of hydrogen-bond acceptors (Lipinski definition) is 1. The molecule has 4 heteroatoms. The van der Waals surface area contributed by atoms with Gasteiger partial charge in [0.25, 0.3) is 0 Å². The fourth-order valence-corrected chi connectivity index (χ4v) is 2.15. The second-order valence-corrected chi connectivity index (χ2v) is 4.94. The maximum Gasteiger partial charge on any atom is 0.123 e. The topological polar surface area (TPSA) is 26.0 Å². The van der Waals surface area contributed by atoms with E-state index >= 15 is 0 Å². The standard InChI is InChI=1S/C14H12Cl2FN/c15-11-3-6-13(16)10(7-11)8-14(18)9-1-4-12(17)5-2-9/h1-7,14H,8,18H2. The lowest BCUT2D eigenvalue weighted by molar-refractivity contribution is 0.624. The van der Waals surface area contributed by atoms with Crippen molar-refractivity contribution in [3.05, 3.63) is 69.5 Å². The molecule has 0 spiro atoms. The van der Waals surface area contributed by atoms with E-state index in [4.69, 9.17) is 28.9 Å². The predicted molar refractivity (Wildman–Crippen MR) is 73.5 cm³/mol. The summed E-state index contributed by atoms with van der Waals surface area (Å²) in [6.45, 7) is 0. The predicted octanol–water partition coefficient (Wildman–Crippen LogP) is 4.38. The van der Waals surface area contributed by atoms with Crippen LogP contribution in [0.15, 0.2) is 42.5 Å². The summed E-state index contributed by atoms with van der Waals surface area (Å²) in [7, 11) is 0. The van der Waals surface area contributed by atoms with Gasteiger partial charge in [0.05, 0.1) is 0 Å². The Balaban J connectivity index is 2.18. The van der Waals surface area contributed by atoms with Crippen LogP contribution in [0.4, 0.5) is 4.39 Å². The number of benzene rings is 2. The van der Waals surface area contributed by atoms with Crippen molar-refractivity contribution in [3.63, 3.8) is 0 Å². The molecule has 1 nitrogen and oxygen atoms in total. The van der Waals surface area contributed by atoms with Crippen LogP contribution in [0, 0.1) is 5.82 Å². The molecule has 0 aliphatic rings. The molecule has 2 aromatic carbocycles. The highest BCUT2D eigenvalue weighted by atomic mass is 35.5. The van der Waals surface area contributed by atoms with Gasteiger partial charge in [-0.25, -0.2) is 4.39 Å². The first-order valence-corrected chi connectivity index (χ1v) is 6.27. The third kappa shape index (κ3) is 3.22. The summed E-state index contributed by atoms with van der Waals surface area (Å²) in [5.74, 6) is -0.272. The summed E-state index contributed by atoms with van der Waals surface area (Å²) >= 11 is 12.0. The summed E-state index contributed by atoms with van der Waals surface area (Å²) in [6.07, 6.45) is 0.561. The maximum atomic E-state index is 12.8. The summed E-state index contributed by atoms with van der Waals surface area (Å²) < 4.78 is 12.8. The van der Waals surface area contributed by atoms with Gasteiger partial charge in [0.1, 0.15) is 5.82 Å². The lowest BCUT2D eigenvalue weighted by atomic mass is 10.00. The van der Waals surface area contributed by atoms with E-state index in [9.17, 15) is 4.39 Å². The molecular weight excluding hydrogens is 272 g/mol. The second-order valence-electron chi connectivity index (χ2n) is 4.10. The van der Waals surface area contributed by atoms with Crippen molar-refractivity contribution in [3.8, 4) is 0 Å². The Kier molecular flexibility index (Phi) is 4.23. The molecule has 0 aliphatic heterocycles. The lowest BCUT2D eigenvalue weighted by Gasteiger charge is -2.13. The highest BCUT2D eigenvalue weighted by molar-refractivity contribution is 6.33. The van der Waals surface area contributed by atoms with Gasteiger partial charge in [-0.05, 0) is 47.9 Å². The summed E-state index contributed by atoms with van der Waals surface area (Å²) in [5, 5.41) is 1.26. The Labute approximate surface area is 115 Å². The molecule has 0 fully saturated rings. The van der Waals surface area contributed by atoms with Gasteiger partial charge < -0.3 is 5.73 Å². The molecule has 2 rings (SSSR count). The summed E-state index contributed by atoms with van der Waals surface area (Å²) in [4.78, 5) is 0. The molecule has 1 atom stereocenters. The monoisotopic (exact) mass is 283 g/mol. The third-order valence-electron chi connectivity index (χ3n) is 2.75. The number of halogens is 3. The molecule has 1 unspecified atom stereocenters. The molecule has 2 N–H and O–H groups in total. The van der Waals surface area contributed by atoms with Gasteiger partial charge in [0.2, 0.25) is 0 Å². The molecule has 0 radical (unpaired) electrons. The first-order chi connectivity index (χ1) is 8.56. The molecule has 0 heterocycles. The molecule has 0 aromatic heterocycles. The fourth-order valence-electron chi connectivity index (χ4n) is 1.76. The Morgan fingerprint density at radius 2 is 1.72 bits per heavy atom. The maximum absolute atomic E-state index is 12.8. The van der Waals surface area contributed by atoms with E-state index < -0.39 is 0 Å². The molecule has 94 valence electrons. The van der Waals surface area contributed by atoms with Gasteiger partial charge in [-0.1, -0.05) is 35.3 Å². The van der Waals surface area contributed by atoms with Crippen LogP contribution in [0.25, 0.3) is 0 Å². The fraction of sp³-hybridized carbons (Fsp3) is 0.143. The van der Waals surface area contributed by atoms with Crippen molar-refractivity contribution in [1.29, 1.82) is 0 Å². The molecule has 0 saturated heterocycles. The number of nitrogens with two attached hydrogens (primary N) is 1. The molecule has 0 saturated carbocycles. The van der Waals surface area contributed by atoms with Crippen LogP contribution in [0.2, 0.25) is 10.0 Å². The van der Waals surface area contributed by atoms with E-state index in [-0.39, 0.29) is 11.9 Å². The Morgan fingerprint density at radius 1 is 1.06 bits per heavy atom. The van der Waals surface area contributed by atoms with Crippen LogP contribution < -0.4 is 5.73 Å². The minimum Gasteiger partial charge on any atom is -0.324 e. The van der Waals surface area contributed by atoms with E-state index in [1.54, 1.807) is 30.3 Å². The Bertz CT molecular complexity index is 540. The first kappa shape index (κ1) is 13.3. The molecule has 0 bridgehead atoms. The number of rotatable bonds is 3. The van der Waals surface area contributed by atoms with Crippen molar-refractivity contribution in [2.45, 2.75) is 12.5 Å². The summed E-state index contributed by atoms with van der Waals surface area (Å²) in [6, 6.07) is 11.2. The summed E-state index contributed by atoms with van der Waals surface area (Å²) in [5.41, 5.74) is 7.83. The van der Waals surface area contributed by atoms with Crippen molar-refractivity contribution in [2.75, 3.05) is 0 Å². The van der Waals surface area contributed by atoms with Gasteiger partial charge in [-0.2, -0.15) is 0 Å². The van der Waals surface area contributed by atoms with E-state index in [0.29, 0.717) is 16.5 Å². The van der Waals surface area contributed by atoms with Gasteiger partial charge in [0, 0.05) is 16.1 Å². The average Bonchev–Trinajstić information content (AvgIpc) is 2.34. The van der Waals surface area contributed by atoms with Crippen LogP contribution in [0.1, 0.15) is 17.2 Å². The zero-order chi connectivity index (χ0) is 13.1. The zero-order valence-corrected chi connectivity index (χ0v) is 11.0. The van der Waals surface area contributed by atoms with Crippen LogP contribution in [-0.2, 0) is 6.42 Å². The van der Waals surface area contributed by atoms with Crippen LogP contribution in [0.5, 0.6) is 0 Å². The molecule has 0 aliphatic carbocycles. The molecule has 0 amide bonds. The van der Waals surface area contributed by atoms with E-state index in [1.807, 2.05) is 0 Å². The Morgan fingerprint density at radius 3 is 2.39 bits per heavy atom.